The Morgan fingerprint density at radius 3 is 2.19 bits per heavy atom. The molecule has 15 heteroatoms. The number of rotatable bonds is 12. The zero-order chi connectivity index (χ0) is 35.4. The number of carboxylic acid groups (broad SMARTS) is 1. The number of amidine groups is 1. The van der Waals surface area contributed by atoms with Gasteiger partial charge in [0.2, 0.25) is 0 Å². The van der Waals surface area contributed by atoms with Crippen LogP contribution in [0.15, 0.2) is 67.0 Å². The number of hydrogen-bond acceptors (Lipinski definition) is 8. The number of carboxylic acids is 1. The van der Waals surface area contributed by atoms with Gasteiger partial charge in [-0.1, -0.05) is 26.8 Å². The maximum atomic E-state index is 13.5. The van der Waals surface area contributed by atoms with Crippen LogP contribution in [0.4, 0.5) is 18.9 Å². The number of benzene rings is 2. The summed E-state index contributed by atoms with van der Waals surface area (Å²) in [5.41, 5.74) is 13.7. The number of halogens is 3. The van der Waals surface area contributed by atoms with Crippen molar-refractivity contribution in [2.45, 2.75) is 39.4 Å². The minimum Gasteiger partial charge on any atom is -0.493 e. The highest BCUT2D eigenvalue weighted by Gasteiger charge is 2.38. The Labute approximate surface area is 271 Å². The number of hydrazine groups is 1. The van der Waals surface area contributed by atoms with Gasteiger partial charge in [-0.3, -0.25) is 30.8 Å². The lowest BCUT2D eigenvalue weighted by molar-refractivity contribution is -0.192. The van der Waals surface area contributed by atoms with E-state index in [4.69, 9.17) is 25.8 Å². The number of aromatic nitrogens is 1. The van der Waals surface area contributed by atoms with Gasteiger partial charge in [0.05, 0.1) is 12.2 Å². The summed E-state index contributed by atoms with van der Waals surface area (Å²) >= 11 is 0. The fraction of sp³-hybridized carbons (Fsp3) is 0.344. The molecule has 0 saturated heterocycles. The molecule has 254 valence electrons. The molecule has 0 aliphatic heterocycles. The number of pyridine rings is 1. The number of ether oxygens (including phenoxy) is 1. The molecule has 3 aromatic rings. The molecule has 7 N–H and O–H groups in total. The second kappa shape index (κ2) is 16.9. The van der Waals surface area contributed by atoms with Gasteiger partial charge in [0.15, 0.2) is 0 Å². The van der Waals surface area contributed by atoms with Crippen molar-refractivity contribution in [3.8, 4) is 5.75 Å². The highest BCUT2D eigenvalue weighted by molar-refractivity contribution is 5.96. The summed E-state index contributed by atoms with van der Waals surface area (Å²) < 4.78 is 38.0. The van der Waals surface area contributed by atoms with Crippen molar-refractivity contribution in [3.05, 3.63) is 89.2 Å². The van der Waals surface area contributed by atoms with Crippen molar-refractivity contribution >= 4 is 29.3 Å². The Morgan fingerprint density at radius 1 is 1.04 bits per heavy atom. The monoisotopic (exact) mass is 659 g/mol. The van der Waals surface area contributed by atoms with Crippen LogP contribution < -0.4 is 26.6 Å². The SMILES string of the molecule is CCc1cc(OCC(C)(C)CN(C)C)cc(C(Nc2ccc(C(=N)N)cc2)C(=O)NNC(=O)c2cccnc2)c1.O=C(O)C(F)(F)F. The number of carbonyl (C=O) groups excluding carboxylic acids is 2. The van der Waals surface area contributed by atoms with E-state index < -0.39 is 30.0 Å². The minimum absolute atomic E-state index is 0.0476. The Balaban J connectivity index is 0.000000984. The molecule has 2 amide bonds. The molecular weight excluding hydrogens is 619 g/mol. The van der Waals surface area contributed by atoms with E-state index in [1.54, 1.807) is 42.6 Å². The third-order valence-electron chi connectivity index (χ3n) is 6.34. The second-order valence-electron chi connectivity index (χ2n) is 11.5. The smallest absolute Gasteiger partial charge is 0.490 e. The van der Waals surface area contributed by atoms with Crippen molar-refractivity contribution in [1.29, 1.82) is 5.41 Å². The Kier molecular flexibility index (Phi) is 13.7. The van der Waals surface area contributed by atoms with Crippen molar-refractivity contribution < 1.29 is 37.4 Å². The molecule has 0 spiro atoms. The third-order valence-corrected chi connectivity index (χ3v) is 6.34. The second-order valence-corrected chi connectivity index (χ2v) is 11.5. The molecule has 0 aliphatic carbocycles. The van der Waals surface area contributed by atoms with Crippen LogP contribution in [0.25, 0.3) is 0 Å². The largest absolute Gasteiger partial charge is 0.493 e. The predicted molar refractivity (Wildman–Crippen MR) is 171 cm³/mol. The number of carbonyl (C=O) groups is 3. The maximum absolute atomic E-state index is 13.5. The summed E-state index contributed by atoms with van der Waals surface area (Å²) in [5, 5.41) is 18.0. The van der Waals surface area contributed by atoms with Crippen molar-refractivity contribution in [3.63, 3.8) is 0 Å². The standard InChI is InChI=1S/C30H39N7O3.C2HF3O2/c1-6-20-14-23(16-25(15-20)40-19-30(2,3)18-37(4)5)26(34-24-11-9-21(10-12-24)27(31)32)29(39)36-35-28(38)22-8-7-13-33-17-22;3-2(4,5)1(6)7/h7-17,26,34H,6,18-19H2,1-5H3,(H3,31,32)(H,35,38)(H,36,39);(H,6,7). The third kappa shape index (κ3) is 13.0. The molecule has 0 radical (unpaired) electrons. The highest BCUT2D eigenvalue weighted by Crippen LogP contribution is 2.28. The first-order chi connectivity index (χ1) is 21.9. The van der Waals surface area contributed by atoms with E-state index in [-0.39, 0.29) is 11.3 Å². The fourth-order valence-electron chi connectivity index (χ4n) is 4.29. The lowest BCUT2D eigenvalue weighted by Crippen LogP contribution is -2.45. The molecule has 0 bridgehead atoms. The van der Waals surface area contributed by atoms with Crippen LogP contribution in [0.2, 0.25) is 0 Å². The van der Waals surface area contributed by atoms with Crippen LogP contribution in [0, 0.1) is 10.8 Å². The number of amides is 2. The summed E-state index contributed by atoms with van der Waals surface area (Å²) in [6, 6.07) is 15.0. The van der Waals surface area contributed by atoms with E-state index >= 15 is 0 Å². The summed E-state index contributed by atoms with van der Waals surface area (Å²) in [6.07, 6.45) is -1.36. The number of hydrogen-bond donors (Lipinski definition) is 6. The first-order valence-corrected chi connectivity index (χ1v) is 14.3. The van der Waals surface area contributed by atoms with Crippen LogP contribution >= 0.6 is 0 Å². The number of nitrogen functional groups attached to an aromatic ring is 1. The molecule has 3 rings (SSSR count). The van der Waals surface area contributed by atoms with Crippen molar-refractivity contribution in [1.82, 2.24) is 20.7 Å². The van der Waals surface area contributed by atoms with Gasteiger partial charge < -0.3 is 25.8 Å². The van der Waals surface area contributed by atoms with Crippen LogP contribution in [0.3, 0.4) is 0 Å². The van der Waals surface area contributed by atoms with Crippen molar-refractivity contribution in [2.24, 2.45) is 11.1 Å². The first-order valence-electron chi connectivity index (χ1n) is 14.3. The quantitative estimate of drug-likeness (QED) is 0.0946. The molecule has 2 aromatic carbocycles. The van der Waals surface area contributed by atoms with Crippen LogP contribution in [0.1, 0.15) is 53.9 Å². The summed E-state index contributed by atoms with van der Waals surface area (Å²) in [7, 11) is 4.06. The fourth-order valence-corrected chi connectivity index (χ4v) is 4.29. The number of anilines is 1. The molecule has 12 nitrogen and oxygen atoms in total. The predicted octanol–water partition coefficient (Wildman–Crippen LogP) is 4.14. The van der Waals surface area contributed by atoms with E-state index in [0.717, 1.165) is 18.5 Å². The van der Waals surface area contributed by atoms with Crippen LogP contribution in [0.5, 0.6) is 5.75 Å². The number of alkyl halides is 3. The molecular formula is C32H40F3N7O5. The lowest BCUT2D eigenvalue weighted by atomic mass is 9.94. The average molecular weight is 660 g/mol. The Hall–Kier alpha value is -5.18. The number of nitrogens with two attached hydrogens (primary N) is 1. The van der Waals surface area contributed by atoms with E-state index in [1.165, 1.54) is 6.20 Å². The molecule has 0 saturated carbocycles. The average Bonchev–Trinajstić information content (AvgIpc) is 3.01. The van der Waals surface area contributed by atoms with E-state index in [9.17, 15) is 22.8 Å². The maximum Gasteiger partial charge on any atom is 0.490 e. The van der Waals surface area contributed by atoms with Gasteiger partial charge in [-0.25, -0.2) is 4.79 Å². The molecule has 1 atom stereocenters. The zero-order valence-corrected chi connectivity index (χ0v) is 26.7. The van der Waals surface area contributed by atoms with Gasteiger partial charge in [-0.2, -0.15) is 13.2 Å². The van der Waals surface area contributed by atoms with Crippen LogP contribution in [-0.4, -0.2) is 72.0 Å². The van der Waals surface area contributed by atoms with Gasteiger partial charge in [-0.15, -0.1) is 0 Å². The van der Waals surface area contributed by atoms with Gasteiger partial charge in [0, 0.05) is 35.6 Å². The summed E-state index contributed by atoms with van der Waals surface area (Å²) in [5.74, 6) is -3.10. The van der Waals surface area contributed by atoms with E-state index in [0.29, 0.717) is 34.7 Å². The lowest BCUT2D eigenvalue weighted by Gasteiger charge is -2.28. The van der Waals surface area contributed by atoms with Gasteiger partial charge in [0.25, 0.3) is 11.8 Å². The molecule has 47 heavy (non-hydrogen) atoms. The zero-order valence-electron chi connectivity index (χ0n) is 26.7. The molecule has 1 aromatic heterocycles. The highest BCUT2D eigenvalue weighted by atomic mass is 19.4. The van der Waals surface area contributed by atoms with Gasteiger partial charge in [-0.05, 0) is 80.2 Å². The van der Waals surface area contributed by atoms with Crippen molar-refractivity contribution in [2.75, 3.05) is 32.6 Å². The first kappa shape index (κ1) is 38.0. The Morgan fingerprint density at radius 2 is 1.68 bits per heavy atom. The topological polar surface area (TPSA) is 183 Å². The molecule has 0 aliphatic rings. The normalized spacial score (nSPS) is 11.9. The van der Waals surface area contributed by atoms with Crippen LogP contribution in [-0.2, 0) is 16.0 Å². The van der Waals surface area contributed by atoms with Gasteiger partial charge in [0.1, 0.15) is 17.6 Å². The molecule has 0 fully saturated rings. The number of aliphatic carboxylic acids is 1. The summed E-state index contributed by atoms with van der Waals surface area (Å²) in [6.45, 7) is 7.68. The summed E-state index contributed by atoms with van der Waals surface area (Å²) in [4.78, 5) is 41.0. The Bertz CT molecular complexity index is 1520. The minimum atomic E-state index is -5.08. The number of nitrogens with zero attached hydrogens (tertiary/aromatic N) is 2. The van der Waals surface area contributed by atoms with Gasteiger partial charge >= 0.3 is 12.1 Å². The number of nitrogens with one attached hydrogen (secondary N) is 4. The molecule has 1 heterocycles. The van der Waals surface area contributed by atoms with E-state index in [1.807, 2.05) is 39.2 Å². The number of aryl methyl sites for hydroxylation is 1. The molecule has 1 unspecified atom stereocenters. The van der Waals surface area contributed by atoms with E-state index in [2.05, 4.69) is 39.9 Å².